The van der Waals surface area contributed by atoms with Crippen LogP contribution in [0.1, 0.15) is 84.6 Å². The minimum absolute atomic E-state index is 0. The first kappa shape index (κ1) is 43.9. The van der Waals surface area contributed by atoms with Crippen molar-refractivity contribution in [2.24, 2.45) is 0 Å². The Hall–Kier alpha value is -7.32. The minimum Gasteiger partial charge on any atom is -0.357 e. The Bertz CT molecular complexity index is 4240. The molecular formula is C61H50CuN8. The summed E-state index contributed by atoms with van der Waals surface area (Å²) in [5.41, 5.74) is 10.5. The molecule has 0 amide bonds. The fourth-order valence-electron chi connectivity index (χ4n) is 10.2. The van der Waals surface area contributed by atoms with Gasteiger partial charge in [0.2, 0.25) is 0 Å². The predicted octanol–water partition coefficient (Wildman–Crippen LogP) is 14.9. The fraction of sp³-hybridized carbons (Fsp3) is 0.213. The number of rotatable bonds is 0. The van der Waals surface area contributed by atoms with Gasteiger partial charge in [0, 0.05) is 44.8 Å². The molecule has 70 heavy (non-hydrogen) atoms. The summed E-state index contributed by atoms with van der Waals surface area (Å²) in [6.07, 6.45) is 0. The SMILES string of the molecule is Cc1ccc2cc3c(cc2c1)-c1nc-3nc2[n-]c(nc3nc(nc4[n-]c(n1)c1cc5ccc(C(C)(C)C)cc5cc41)-c1cc4ccc(C(C)(C)C)cc4cc1-3)c1cc3ccc(C(C)(C)C)cc3cc21.[Cu+2]. The largest absolute Gasteiger partial charge is 2.00 e. The maximum atomic E-state index is 5.41. The zero-order valence-corrected chi connectivity index (χ0v) is 41.9. The molecule has 1 radical (unpaired) electrons. The Balaban J connectivity index is 0.00000505. The predicted molar refractivity (Wildman–Crippen MR) is 285 cm³/mol. The molecule has 0 spiro atoms. The van der Waals surface area contributed by atoms with E-state index >= 15 is 0 Å². The molecule has 0 atom stereocenters. The van der Waals surface area contributed by atoms with Gasteiger partial charge in [-0.15, -0.1) is 0 Å². The van der Waals surface area contributed by atoms with Gasteiger partial charge in [-0.1, -0.05) is 141 Å². The maximum Gasteiger partial charge on any atom is 2.00 e. The molecule has 2 aliphatic heterocycles. The van der Waals surface area contributed by atoms with Crippen molar-refractivity contribution >= 4 is 87.2 Å². The van der Waals surface area contributed by atoms with Crippen molar-refractivity contribution < 1.29 is 17.1 Å². The smallest absolute Gasteiger partial charge is 0.357 e. The van der Waals surface area contributed by atoms with Gasteiger partial charge in [-0.2, -0.15) is 0 Å². The van der Waals surface area contributed by atoms with E-state index in [1.807, 2.05) is 0 Å². The van der Waals surface area contributed by atoms with E-state index in [0.29, 0.717) is 45.9 Å². The summed E-state index contributed by atoms with van der Waals surface area (Å²) in [5.74, 6) is 2.15. The van der Waals surface area contributed by atoms with Crippen LogP contribution in [-0.4, -0.2) is 29.9 Å². The number of hydrogen-bond acceptors (Lipinski definition) is 6. The van der Waals surface area contributed by atoms with Gasteiger partial charge in [0.15, 0.2) is 0 Å². The Morgan fingerprint density at radius 3 is 0.914 bits per heavy atom. The van der Waals surface area contributed by atoms with Crippen LogP contribution in [0.15, 0.2) is 121 Å². The number of aromatic nitrogens is 8. The van der Waals surface area contributed by atoms with Crippen LogP contribution in [0.3, 0.4) is 0 Å². The monoisotopic (exact) mass is 957 g/mol. The Kier molecular flexibility index (Phi) is 9.47. The second-order valence-electron chi connectivity index (χ2n) is 22.4. The average Bonchev–Trinajstić information content (AvgIpc) is 4.01. The molecule has 0 fully saturated rings. The van der Waals surface area contributed by atoms with E-state index in [1.165, 1.54) is 22.3 Å². The topological polar surface area (TPSA) is 106 Å². The van der Waals surface area contributed by atoms with Crippen LogP contribution in [0, 0.1) is 6.92 Å². The Labute approximate surface area is 416 Å². The molecule has 8 bridgehead atoms. The zero-order valence-electron chi connectivity index (χ0n) is 40.9. The molecule has 5 heterocycles. The summed E-state index contributed by atoms with van der Waals surface area (Å²) in [6, 6.07) is 44.2. The van der Waals surface area contributed by atoms with Crippen molar-refractivity contribution in [2.75, 3.05) is 0 Å². The fourth-order valence-corrected chi connectivity index (χ4v) is 10.2. The van der Waals surface area contributed by atoms with Crippen molar-refractivity contribution in [3.8, 4) is 45.6 Å². The third-order valence-corrected chi connectivity index (χ3v) is 14.3. The van der Waals surface area contributed by atoms with Crippen LogP contribution in [0.4, 0.5) is 0 Å². The number of nitrogens with zero attached hydrogens (tertiary/aromatic N) is 8. The first-order chi connectivity index (χ1) is 32.9. The van der Waals surface area contributed by atoms with Crippen LogP contribution in [0.2, 0.25) is 0 Å². The van der Waals surface area contributed by atoms with Crippen molar-refractivity contribution in [3.05, 3.63) is 144 Å². The summed E-state index contributed by atoms with van der Waals surface area (Å²) in [4.78, 5) is 42.8. The number of hydrogen-bond donors (Lipinski definition) is 0. The molecule has 0 N–H and O–H groups in total. The normalized spacial score (nSPS) is 12.9. The molecular weight excluding hydrogens is 908 g/mol. The summed E-state index contributed by atoms with van der Waals surface area (Å²) >= 11 is 0. The van der Waals surface area contributed by atoms with E-state index < -0.39 is 0 Å². The minimum atomic E-state index is -0.0287. The number of aryl methyl sites for hydroxylation is 1. The molecule has 0 saturated carbocycles. The van der Waals surface area contributed by atoms with E-state index in [-0.39, 0.29) is 33.3 Å². The molecule has 345 valence electrons. The summed E-state index contributed by atoms with van der Waals surface area (Å²) in [7, 11) is 0. The van der Waals surface area contributed by atoms with E-state index in [9.17, 15) is 0 Å². The van der Waals surface area contributed by atoms with Crippen molar-refractivity contribution in [1.82, 2.24) is 39.9 Å². The van der Waals surface area contributed by atoms with Crippen LogP contribution in [-0.2, 0) is 33.3 Å². The number of benzene rings is 8. The van der Waals surface area contributed by atoms with Crippen LogP contribution < -0.4 is 9.97 Å². The average molecular weight is 959 g/mol. The van der Waals surface area contributed by atoms with Gasteiger partial charge >= 0.3 is 17.1 Å². The molecule has 0 saturated heterocycles. The van der Waals surface area contributed by atoms with Gasteiger partial charge in [-0.3, -0.25) is 0 Å². The first-order valence-corrected chi connectivity index (χ1v) is 23.9. The molecule has 8 aromatic carbocycles. The first-order valence-electron chi connectivity index (χ1n) is 23.9. The van der Waals surface area contributed by atoms with E-state index in [1.54, 1.807) is 0 Å². The molecule has 2 aliphatic rings. The Morgan fingerprint density at radius 1 is 0.300 bits per heavy atom. The third-order valence-electron chi connectivity index (χ3n) is 14.3. The standard InChI is InChI=1S/C61H50N8.Cu/c1-31-11-12-32-23-43-47(27-36(32)19-31)55-62-51(43)64-56-49-29-38-21-41(60(5,6)7)17-14-34(38)25-45(49)53(66-56)68-58-50-30-39-22-42(61(8,9)10)18-15-35(39)26-46(50)54(69-58)67-57-48-28-37-20-40(59(2,3)4)16-13-33(37)24-44(48)52(63-55)65-57;/h11-30H,1-10H3;/q-2;+2. The quantitative estimate of drug-likeness (QED) is 0.138. The summed E-state index contributed by atoms with van der Waals surface area (Å²) < 4.78 is 0. The van der Waals surface area contributed by atoms with E-state index in [2.05, 4.69) is 191 Å². The second-order valence-corrected chi connectivity index (χ2v) is 22.4. The molecule has 9 heteroatoms. The van der Waals surface area contributed by atoms with Crippen molar-refractivity contribution in [3.63, 3.8) is 0 Å². The molecule has 8 nitrogen and oxygen atoms in total. The van der Waals surface area contributed by atoms with Crippen molar-refractivity contribution in [2.45, 2.75) is 85.5 Å². The number of fused-ring (bicyclic) bond motifs is 24. The zero-order chi connectivity index (χ0) is 47.5. The van der Waals surface area contributed by atoms with Crippen LogP contribution >= 0.6 is 0 Å². The molecule has 0 unspecified atom stereocenters. The maximum absolute atomic E-state index is 5.41. The Morgan fingerprint density at radius 2 is 0.571 bits per heavy atom. The third kappa shape index (κ3) is 7.08. The van der Waals surface area contributed by atoms with Gasteiger partial charge in [0.1, 0.15) is 0 Å². The van der Waals surface area contributed by atoms with Gasteiger partial charge in [0.25, 0.3) is 0 Å². The second kappa shape index (κ2) is 15.1. The molecule has 13 rings (SSSR count). The van der Waals surface area contributed by atoms with Gasteiger partial charge in [-0.25, -0.2) is 9.97 Å². The molecule has 11 aromatic rings. The molecule has 3 aromatic heterocycles. The van der Waals surface area contributed by atoms with Gasteiger partial charge in [0.05, 0.1) is 23.3 Å². The van der Waals surface area contributed by atoms with Crippen LogP contribution in [0.5, 0.6) is 0 Å². The summed E-state index contributed by atoms with van der Waals surface area (Å²) in [5, 5.41) is 12.4. The summed E-state index contributed by atoms with van der Waals surface area (Å²) in [6.45, 7) is 22.3. The molecule has 0 aliphatic carbocycles. The van der Waals surface area contributed by atoms with Gasteiger partial charge in [-0.05, 0) is 153 Å². The van der Waals surface area contributed by atoms with E-state index in [0.717, 1.165) is 86.9 Å². The van der Waals surface area contributed by atoms with Gasteiger partial charge < -0.3 is 29.9 Å². The van der Waals surface area contributed by atoms with E-state index in [4.69, 9.17) is 39.9 Å². The van der Waals surface area contributed by atoms with Crippen LogP contribution in [0.25, 0.3) is 133 Å². The van der Waals surface area contributed by atoms with Crippen molar-refractivity contribution in [1.29, 1.82) is 0 Å².